The highest BCUT2D eigenvalue weighted by Crippen LogP contribution is 2.71. The first-order valence-electron chi connectivity index (χ1n) is 24.1. The van der Waals surface area contributed by atoms with Crippen molar-refractivity contribution in [2.75, 3.05) is 4.90 Å². The molecular formula is C64H47NS2. The van der Waals surface area contributed by atoms with Gasteiger partial charge in [0.25, 0.3) is 0 Å². The highest BCUT2D eigenvalue weighted by molar-refractivity contribution is 7.26. The molecule has 3 heteroatoms. The van der Waals surface area contributed by atoms with Gasteiger partial charge in [0.2, 0.25) is 0 Å². The maximum atomic E-state index is 2.65. The normalized spacial score (nSPS) is 23.3. The fourth-order valence-electron chi connectivity index (χ4n) is 14.2. The monoisotopic (exact) mass is 893 g/mol. The summed E-state index contributed by atoms with van der Waals surface area (Å²) in [5.41, 5.74) is 19.2. The molecule has 0 aliphatic heterocycles. The maximum absolute atomic E-state index is 2.65. The minimum absolute atomic E-state index is 0.122. The largest absolute Gasteiger partial charge is 0.314 e. The van der Waals surface area contributed by atoms with Crippen LogP contribution in [0.2, 0.25) is 0 Å². The molecule has 5 unspecified atom stereocenters. The van der Waals surface area contributed by atoms with Crippen LogP contribution in [0.15, 0.2) is 211 Å². The highest BCUT2D eigenvalue weighted by Gasteiger charge is 2.64. The van der Waals surface area contributed by atoms with Crippen LogP contribution in [0.25, 0.3) is 58.6 Å². The molecule has 2 heterocycles. The van der Waals surface area contributed by atoms with E-state index in [-0.39, 0.29) is 22.7 Å². The fourth-order valence-corrected chi connectivity index (χ4v) is 16.7. The molecule has 2 aromatic heterocycles. The number of fused-ring (bicyclic) bond motifs is 19. The Balaban J connectivity index is 0.919. The Morgan fingerprint density at radius 2 is 1.27 bits per heavy atom. The molecule has 0 saturated heterocycles. The number of thiophene rings is 2. The Morgan fingerprint density at radius 3 is 2.15 bits per heavy atom. The van der Waals surface area contributed by atoms with Crippen LogP contribution in [-0.4, -0.2) is 0 Å². The van der Waals surface area contributed by atoms with Crippen LogP contribution >= 0.6 is 22.7 Å². The van der Waals surface area contributed by atoms with Gasteiger partial charge in [-0.05, 0) is 122 Å². The van der Waals surface area contributed by atoms with Crippen molar-refractivity contribution >= 4 is 70.4 Å². The van der Waals surface area contributed by atoms with Gasteiger partial charge in [-0.3, -0.25) is 0 Å². The Kier molecular flexibility index (Phi) is 7.95. The zero-order chi connectivity index (χ0) is 44.2. The van der Waals surface area contributed by atoms with Crippen molar-refractivity contribution in [3.63, 3.8) is 0 Å². The molecule has 1 nitrogen and oxygen atoms in total. The van der Waals surface area contributed by atoms with Crippen molar-refractivity contribution in [1.29, 1.82) is 0 Å². The van der Waals surface area contributed by atoms with E-state index in [2.05, 4.69) is 219 Å². The second kappa shape index (κ2) is 13.9. The summed E-state index contributed by atoms with van der Waals surface area (Å²) in [5.74, 6) is 1.07. The summed E-state index contributed by atoms with van der Waals surface area (Å²) in [6.07, 6.45) is 19.8. The van der Waals surface area contributed by atoms with Crippen molar-refractivity contribution in [2.24, 2.45) is 17.8 Å². The Bertz CT molecular complexity index is 3770. The molecule has 7 aromatic carbocycles. The molecule has 67 heavy (non-hydrogen) atoms. The minimum atomic E-state index is -0.161. The number of nitrogens with zero attached hydrogens (tertiary/aromatic N) is 1. The Morgan fingerprint density at radius 1 is 0.567 bits per heavy atom. The van der Waals surface area contributed by atoms with E-state index in [1.54, 1.807) is 16.0 Å². The smallest absolute Gasteiger partial charge is 0.0462 e. The fraction of sp³-hybridized carbons (Fsp3) is 0.156. The van der Waals surface area contributed by atoms with Crippen molar-refractivity contribution in [3.05, 3.63) is 244 Å². The topological polar surface area (TPSA) is 3.24 Å². The quantitative estimate of drug-likeness (QED) is 0.170. The average molecular weight is 894 g/mol. The zero-order valence-corrected chi connectivity index (χ0v) is 39.2. The molecule has 0 fully saturated rings. The maximum Gasteiger partial charge on any atom is 0.0462 e. The first-order valence-corrected chi connectivity index (χ1v) is 25.8. The molecule has 0 amide bonds. The van der Waals surface area contributed by atoms with Crippen LogP contribution in [0, 0.1) is 17.8 Å². The number of rotatable bonds is 4. The van der Waals surface area contributed by atoms with Gasteiger partial charge < -0.3 is 4.90 Å². The van der Waals surface area contributed by atoms with E-state index in [9.17, 15) is 0 Å². The molecule has 6 aliphatic carbocycles. The summed E-state index contributed by atoms with van der Waals surface area (Å²) >= 11 is 3.92. The van der Waals surface area contributed by atoms with Crippen LogP contribution in [0.5, 0.6) is 0 Å². The predicted molar refractivity (Wildman–Crippen MR) is 285 cm³/mol. The number of allylic oxidation sites excluding steroid dienone is 8. The van der Waals surface area contributed by atoms with Crippen LogP contribution in [0.1, 0.15) is 65.3 Å². The van der Waals surface area contributed by atoms with E-state index >= 15 is 0 Å². The van der Waals surface area contributed by atoms with Crippen molar-refractivity contribution < 1.29 is 0 Å². The molecule has 0 saturated carbocycles. The van der Waals surface area contributed by atoms with E-state index in [0.717, 1.165) is 12.8 Å². The number of hydrogen-bond donors (Lipinski definition) is 0. The summed E-state index contributed by atoms with van der Waals surface area (Å²) in [6.45, 7) is 4.82. The third kappa shape index (κ3) is 5.04. The average Bonchev–Trinajstić information content (AvgIpc) is 4.16. The lowest BCUT2D eigenvalue weighted by atomic mass is 9.59. The molecule has 5 atom stereocenters. The van der Waals surface area contributed by atoms with Crippen molar-refractivity contribution in [1.82, 2.24) is 0 Å². The second-order valence-corrected chi connectivity index (χ2v) is 22.3. The molecule has 1 spiro atoms. The first-order chi connectivity index (χ1) is 33.0. The molecule has 0 N–H and O–H groups in total. The molecule has 6 aliphatic rings. The first kappa shape index (κ1) is 38.3. The van der Waals surface area contributed by atoms with E-state index in [1.807, 2.05) is 22.7 Å². The second-order valence-electron chi connectivity index (χ2n) is 20.1. The minimum Gasteiger partial charge on any atom is -0.314 e. The molecule has 0 radical (unpaired) electrons. The Labute approximate surface area is 400 Å². The van der Waals surface area contributed by atoms with Gasteiger partial charge in [-0.15, -0.1) is 22.7 Å². The highest BCUT2D eigenvalue weighted by atomic mass is 32.1. The van der Waals surface area contributed by atoms with Gasteiger partial charge >= 0.3 is 0 Å². The summed E-state index contributed by atoms with van der Waals surface area (Å²) in [4.78, 5) is 4.19. The predicted octanol–water partition coefficient (Wildman–Crippen LogP) is 17.5. The molecule has 9 aromatic rings. The van der Waals surface area contributed by atoms with E-state index < -0.39 is 0 Å². The third-order valence-corrected chi connectivity index (χ3v) is 19.2. The van der Waals surface area contributed by atoms with Gasteiger partial charge in [-0.2, -0.15) is 0 Å². The molecule has 15 rings (SSSR count). The number of anilines is 2. The van der Waals surface area contributed by atoms with Gasteiger partial charge in [0, 0.05) is 81.3 Å². The lowest BCUT2D eigenvalue weighted by molar-refractivity contribution is 0.281. The van der Waals surface area contributed by atoms with Gasteiger partial charge in [-0.1, -0.05) is 171 Å². The van der Waals surface area contributed by atoms with Gasteiger partial charge in [-0.25, -0.2) is 0 Å². The van der Waals surface area contributed by atoms with Crippen molar-refractivity contribution in [3.8, 4) is 22.3 Å². The van der Waals surface area contributed by atoms with Crippen LogP contribution in [0.3, 0.4) is 0 Å². The van der Waals surface area contributed by atoms with Crippen molar-refractivity contribution in [2.45, 2.75) is 43.4 Å². The Hall–Kier alpha value is -6.78. The van der Waals surface area contributed by atoms with E-state index in [4.69, 9.17) is 0 Å². The SMILES string of the molecule is CC1(C)c2ccccc2-c2ccc(N(C3=CC=CC4C3C3=C(CCC=C3)C43c4ccccc4C4c5sc6ccccc6c5C=CC43)c3ccc(-c4cccc5sc6ccccc6c45)cc3)cc21. The zero-order valence-electron chi connectivity index (χ0n) is 37.5. The summed E-state index contributed by atoms with van der Waals surface area (Å²) in [7, 11) is 0. The molecule has 0 bridgehead atoms. The molecule has 320 valence electrons. The van der Waals surface area contributed by atoms with E-state index in [0.29, 0.717) is 11.8 Å². The summed E-state index contributed by atoms with van der Waals surface area (Å²) in [5, 5.41) is 4.08. The van der Waals surface area contributed by atoms with Gasteiger partial charge in [0.1, 0.15) is 0 Å². The lowest BCUT2D eigenvalue weighted by Crippen LogP contribution is -2.42. The van der Waals surface area contributed by atoms with Gasteiger partial charge in [0.05, 0.1) is 0 Å². The van der Waals surface area contributed by atoms with Crippen LogP contribution in [-0.2, 0) is 10.8 Å². The third-order valence-electron chi connectivity index (χ3n) is 16.8. The summed E-state index contributed by atoms with van der Waals surface area (Å²) < 4.78 is 4.07. The van der Waals surface area contributed by atoms with Gasteiger partial charge in [0.15, 0.2) is 0 Å². The number of hydrogen-bond acceptors (Lipinski definition) is 3. The lowest BCUT2D eigenvalue weighted by Gasteiger charge is -2.45. The van der Waals surface area contributed by atoms with Crippen LogP contribution in [0.4, 0.5) is 11.4 Å². The van der Waals surface area contributed by atoms with E-state index in [1.165, 1.54) is 97.4 Å². The summed E-state index contributed by atoms with van der Waals surface area (Å²) in [6, 6.07) is 60.3. The van der Waals surface area contributed by atoms with Crippen LogP contribution < -0.4 is 4.90 Å². The standard InChI is InChI=1S/C64H47NS2/c1-63(2)49-21-8-3-15-42(49)43-34-33-40(37-54(43)63)65(39-31-29-38(30-32-39)41-20-13-28-58-59(41)48-19-7-12-27-57(48)66-58)55-25-14-24-52-60(55)46-17-4-9-22-50(46)64(52)51-23-10-5-18-47(51)61-53(64)36-35-45-44-16-6-11-26-56(44)67-62(45)61/h3-8,10-21,23-37,52-53,60-61H,9,22H2,1-2H3. The molecular weight excluding hydrogens is 847 g/mol. The number of benzene rings is 7.